The molecule has 0 radical (unpaired) electrons. The summed E-state index contributed by atoms with van der Waals surface area (Å²) in [6.45, 7) is 0. The topological polar surface area (TPSA) is 89.2 Å². The highest BCUT2D eigenvalue weighted by molar-refractivity contribution is 5.38. The number of rotatable bonds is 3. The van der Waals surface area contributed by atoms with Gasteiger partial charge in [0.05, 0.1) is 24.9 Å². The first-order valence-corrected chi connectivity index (χ1v) is 5.60. The molecule has 0 fully saturated rings. The van der Waals surface area contributed by atoms with Gasteiger partial charge < -0.3 is 4.57 Å². The van der Waals surface area contributed by atoms with Gasteiger partial charge in [-0.25, -0.2) is 4.98 Å². The fraction of sp³-hybridized carbons (Fsp3) is 0.143. The lowest BCUT2D eigenvalue weighted by molar-refractivity contribution is 0.590. The maximum absolute atomic E-state index is 9.14. The smallest absolute Gasteiger partial charge is 0.176 e. The molecular formula is C14H9N5. The van der Waals surface area contributed by atoms with Crippen molar-refractivity contribution in [2.24, 2.45) is 0 Å². The minimum Gasteiger partial charge on any atom is -0.313 e. The number of nitrogens with zero attached hydrogens (tertiary/aromatic N) is 5. The molecule has 2 aromatic rings. The third kappa shape index (κ3) is 2.29. The molecule has 5 nitrogen and oxygen atoms in total. The summed E-state index contributed by atoms with van der Waals surface area (Å²) in [4.78, 5) is 3.90. The first-order chi connectivity index (χ1) is 9.31. The van der Waals surface area contributed by atoms with Crippen molar-refractivity contribution in [1.29, 1.82) is 15.8 Å². The van der Waals surface area contributed by atoms with Crippen molar-refractivity contribution < 1.29 is 0 Å². The van der Waals surface area contributed by atoms with Crippen molar-refractivity contribution in [3.8, 4) is 18.2 Å². The van der Waals surface area contributed by atoms with E-state index in [2.05, 4.69) is 11.1 Å². The van der Waals surface area contributed by atoms with E-state index in [-0.39, 0.29) is 23.9 Å². The minimum atomic E-state index is -0.310. The van der Waals surface area contributed by atoms with E-state index in [0.29, 0.717) is 0 Å². The Morgan fingerprint density at radius 1 is 1.11 bits per heavy atom. The zero-order valence-electron chi connectivity index (χ0n) is 9.98. The Kier molecular flexibility index (Phi) is 3.57. The number of nitriles is 3. The number of imidazole rings is 1. The fourth-order valence-corrected chi connectivity index (χ4v) is 1.93. The van der Waals surface area contributed by atoms with E-state index in [1.165, 1.54) is 6.33 Å². The van der Waals surface area contributed by atoms with Crippen LogP contribution in [0.4, 0.5) is 0 Å². The van der Waals surface area contributed by atoms with Crippen LogP contribution in [-0.4, -0.2) is 9.55 Å². The van der Waals surface area contributed by atoms with Gasteiger partial charge in [0.25, 0.3) is 0 Å². The monoisotopic (exact) mass is 247 g/mol. The van der Waals surface area contributed by atoms with E-state index in [1.54, 1.807) is 4.57 Å². The van der Waals surface area contributed by atoms with Gasteiger partial charge in [-0.2, -0.15) is 15.8 Å². The molecule has 0 amide bonds. The van der Waals surface area contributed by atoms with E-state index < -0.39 is 0 Å². The van der Waals surface area contributed by atoms with Gasteiger partial charge in [-0.3, -0.25) is 0 Å². The van der Waals surface area contributed by atoms with Gasteiger partial charge in [-0.05, 0) is 5.56 Å². The van der Waals surface area contributed by atoms with Crippen LogP contribution in [0.25, 0.3) is 0 Å². The lowest BCUT2D eigenvalue weighted by Crippen LogP contribution is -2.11. The van der Waals surface area contributed by atoms with Crippen LogP contribution in [0.5, 0.6) is 0 Å². The molecule has 0 aliphatic heterocycles. The van der Waals surface area contributed by atoms with Crippen molar-refractivity contribution in [2.75, 3.05) is 0 Å². The number of benzene rings is 1. The second-order valence-corrected chi connectivity index (χ2v) is 3.86. The molecule has 1 aromatic carbocycles. The summed E-state index contributed by atoms with van der Waals surface area (Å²) >= 11 is 0. The van der Waals surface area contributed by atoms with E-state index >= 15 is 0 Å². The Balaban J connectivity index is 2.54. The molecule has 0 saturated heterocycles. The lowest BCUT2D eigenvalue weighted by atomic mass is 10.0. The Labute approximate surface area is 110 Å². The predicted octanol–water partition coefficient (Wildman–Crippen LogP) is 2.13. The molecule has 5 heteroatoms. The number of hydrogen-bond donors (Lipinski definition) is 0. The van der Waals surface area contributed by atoms with Gasteiger partial charge in [0.15, 0.2) is 11.4 Å². The third-order valence-electron chi connectivity index (χ3n) is 2.81. The highest BCUT2D eigenvalue weighted by Crippen LogP contribution is 2.24. The average Bonchev–Trinajstić information content (AvgIpc) is 2.88. The normalized spacial score (nSPS) is 11.0. The van der Waals surface area contributed by atoms with E-state index in [0.717, 1.165) is 5.56 Å². The van der Waals surface area contributed by atoms with Gasteiger partial charge in [0.2, 0.25) is 0 Å². The maximum Gasteiger partial charge on any atom is 0.176 e. The minimum absolute atomic E-state index is 0.0846. The molecule has 0 aliphatic rings. The molecule has 0 N–H and O–H groups in total. The van der Waals surface area contributed by atoms with Crippen LogP contribution in [0.3, 0.4) is 0 Å². The van der Waals surface area contributed by atoms with Gasteiger partial charge >= 0.3 is 0 Å². The highest BCUT2D eigenvalue weighted by Gasteiger charge is 2.19. The molecule has 90 valence electrons. The highest BCUT2D eigenvalue weighted by atomic mass is 15.1. The Hall–Kier alpha value is -3.10. The first kappa shape index (κ1) is 12.4. The second kappa shape index (κ2) is 5.49. The van der Waals surface area contributed by atoms with Crippen LogP contribution < -0.4 is 0 Å². The van der Waals surface area contributed by atoms with Crippen LogP contribution in [0.2, 0.25) is 0 Å². The van der Waals surface area contributed by atoms with Crippen molar-refractivity contribution in [3.63, 3.8) is 0 Å². The van der Waals surface area contributed by atoms with Crippen molar-refractivity contribution in [2.45, 2.75) is 12.5 Å². The lowest BCUT2D eigenvalue weighted by Gasteiger charge is -2.16. The van der Waals surface area contributed by atoms with Gasteiger partial charge in [0, 0.05) is 0 Å². The third-order valence-corrected chi connectivity index (χ3v) is 2.81. The molecule has 19 heavy (non-hydrogen) atoms. The van der Waals surface area contributed by atoms with E-state index in [9.17, 15) is 0 Å². The zero-order valence-corrected chi connectivity index (χ0v) is 9.98. The quantitative estimate of drug-likeness (QED) is 0.830. The summed E-state index contributed by atoms with van der Waals surface area (Å²) < 4.78 is 1.58. The summed E-state index contributed by atoms with van der Waals surface area (Å²) in [5.74, 6) is 0. The van der Waals surface area contributed by atoms with Crippen LogP contribution in [0.15, 0.2) is 36.7 Å². The molecule has 1 unspecified atom stereocenters. The number of aromatic nitrogens is 2. The molecule has 0 bridgehead atoms. The zero-order chi connectivity index (χ0) is 13.7. The van der Waals surface area contributed by atoms with Crippen LogP contribution in [0, 0.1) is 34.0 Å². The average molecular weight is 247 g/mol. The Bertz CT molecular complexity index is 694. The largest absolute Gasteiger partial charge is 0.313 e. The molecule has 1 atom stereocenters. The summed E-state index contributed by atoms with van der Waals surface area (Å²) in [5, 5.41) is 27.0. The molecule has 0 aliphatic carbocycles. The van der Waals surface area contributed by atoms with Crippen molar-refractivity contribution in [3.05, 3.63) is 53.6 Å². The predicted molar refractivity (Wildman–Crippen MR) is 66.5 cm³/mol. The van der Waals surface area contributed by atoms with Crippen molar-refractivity contribution in [1.82, 2.24) is 9.55 Å². The fourth-order valence-electron chi connectivity index (χ4n) is 1.93. The molecular weight excluding hydrogens is 238 g/mol. The van der Waals surface area contributed by atoms with Crippen LogP contribution in [-0.2, 0) is 0 Å². The second-order valence-electron chi connectivity index (χ2n) is 3.86. The van der Waals surface area contributed by atoms with Crippen LogP contribution >= 0.6 is 0 Å². The van der Waals surface area contributed by atoms with Crippen molar-refractivity contribution >= 4 is 0 Å². The number of hydrogen-bond acceptors (Lipinski definition) is 4. The van der Waals surface area contributed by atoms with Gasteiger partial charge in [0.1, 0.15) is 12.1 Å². The maximum atomic E-state index is 9.14. The molecule has 0 saturated carbocycles. The van der Waals surface area contributed by atoms with Gasteiger partial charge in [-0.1, -0.05) is 30.3 Å². The summed E-state index contributed by atoms with van der Waals surface area (Å²) in [7, 11) is 0. The summed E-state index contributed by atoms with van der Waals surface area (Å²) in [6.07, 6.45) is 1.64. The molecule has 1 aromatic heterocycles. The molecule has 1 heterocycles. The molecule has 0 spiro atoms. The van der Waals surface area contributed by atoms with E-state index in [1.807, 2.05) is 42.5 Å². The van der Waals surface area contributed by atoms with E-state index in [4.69, 9.17) is 15.8 Å². The first-order valence-electron chi connectivity index (χ1n) is 5.60. The summed E-state index contributed by atoms with van der Waals surface area (Å²) in [6, 6.07) is 15.0. The Morgan fingerprint density at radius 3 is 2.42 bits per heavy atom. The molecule has 2 rings (SSSR count). The summed E-state index contributed by atoms with van der Waals surface area (Å²) in [5.41, 5.74) is 1.18. The van der Waals surface area contributed by atoms with Crippen LogP contribution in [0.1, 0.15) is 29.4 Å². The van der Waals surface area contributed by atoms with Gasteiger partial charge in [-0.15, -0.1) is 0 Å². The standard InChI is InChI=1S/C14H9N5/c15-7-6-13(11-4-2-1-3-5-11)19-10-18-12(8-16)14(19)9-17/h1-5,10,13H,6H2. The SMILES string of the molecule is N#CCC(c1ccccc1)n1cnc(C#N)c1C#N. The Morgan fingerprint density at radius 2 is 1.84 bits per heavy atom.